The molecule has 0 saturated heterocycles. The smallest absolute Gasteiger partial charge is 0.262 e. The molecule has 4 N–H and O–H groups in total. The lowest BCUT2D eigenvalue weighted by molar-refractivity contribution is -0.118. The van der Waals surface area contributed by atoms with E-state index >= 15 is 0 Å². The van der Waals surface area contributed by atoms with Crippen molar-refractivity contribution in [2.45, 2.75) is 6.92 Å². The van der Waals surface area contributed by atoms with Crippen LogP contribution in [0, 0.1) is 0 Å². The molecule has 7 nitrogen and oxygen atoms in total. The Bertz CT molecular complexity index is 757. The van der Waals surface area contributed by atoms with Gasteiger partial charge in [-0.3, -0.25) is 14.4 Å². The number of hydrogen-bond acceptors (Lipinski definition) is 4. The molecule has 2 aromatic carbocycles. The summed E-state index contributed by atoms with van der Waals surface area (Å²) in [6.45, 7) is 1.16. The third kappa shape index (κ3) is 4.84. The fourth-order valence-corrected chi connectivity index (χ4v) is 1.94. The normalized spacial score (nSPS) is 9.88. The number of carbonyl (C=O) groups is 3. The molecule has 3 amide bonds. The number of nitrogens with two attached hydrogens (primary N) is 1. The molecule has 2 aromatic rings. The van der Waals surface area contributed by atoms with Crippen LogP contribution in [0.2, 0.25) is 0 Å². The van der Waals surface area contributed by atoms with Gasteiger partial charge >= 0.3 is 0 Å². The van der Waals surface area contributed by atoms with Crippen LogP contribution in [-0.2, 0) is 9.59 Å². The minimum Gasteiger partial charge on any atom is -0.482 e. The van der Waals surface area contributed by atoms with Crippen molar-refractivity contribution in [1.82, 2.24) is 0 Å². The Morgan fingerprint density at radius 3 is 2.29 bits per heavy atom. The van der Waals surface area contributed by atoms with Crippen molar-refractivity contribution in [3.05, 3.63) is 54.1 Å². The second kappa shape index (κ2) is 7.77. The van der Waals surface area contributed by atoms with Gasteiger partial charge in [-0.15, -0.1) is 0 Å². The maximum absolute atomic E-state index is 11.9. The van der Waals surface area contributed by atoms with Crippen molar-refractivity contribution in [2.24, 2.45) is 5.73 Å². The summed E-state index contributed by atoms with van der Waals surface area (Å²) in [5, 5.41) is 5.26. The van der Waals surface area contributed by atoms with E-state index in [1.54, 1.807) is 36.4 Å². The van der Waals surface area contributed by atoms with Crippen LogP contribution >= 0.6 is 0 Å². The van der Waals surface area contributed by atoms with Crippen molar-refractivity contribution in [2.75, 3.05) is 17.2 Å². The van der Waals surface area contributed by atoms with Gasteiger partial charge in [0.05, 0.1) is 5.69 Å². The van der Waals surface area contributed by atoms with Gasteiger partial charge in [0.2, 0.25) is 11.8 Å². The van der Waals surface area contributed by atoms with E-state index in [2.05, 4.69) is 10.6 Å². The van der Waals surface area contributed by atoms with E-state index in [-0.39, 0.29) is 18.4 Å². The topological polar surface area (TPSA) is 111 Å². The summed E-state index contributed by atoms with van der Waals surface area (Å²) in [5.74, 6) is -0.748. The SMILES string of the molecule is CC(=O)Nc1ccccc1OCC(=O)Nc1ccc(C(N)=O)cc1. The van der Waals surface area contributed by atoms with E-state index in [9.17, 15) is 14.4 Å². The fraction of sp³-hybridized carbons (Fsp3) is 0.118. The highest BCUT2D eigenvalue weighted by atomic mass is 16.5. The Balaban J connectivity index is 1.94. The first-order valence-corrected chi connectivity index (χ1v) is 7.15. The standard InChI is InChI=1S/C17H17N3O4/c1-11(21)19-14-4-2-3-5-15(14)24-10-16(22)20-13-8-6-12(7-9-13)17(18)23/h2-9H,10H2,1H3,(H2,18,23)(H,19,21)(H,20,22). The Morgan fingerprint density at radius 2 is 1.67 bits per heavy atom. The van der Waals surface area contributed by atoms with Gasteiger partial charge in [-0.1, -0.05) is 12.1 Å². The Morgan fingerprint density at radius 1 is 1.00 bits per heavy atom. The highest BCUT2D eigenvalue weighted by molar-refractivity contribution is 5.95. The van der Waals surface area contributed by atoms with Crippen LogP contribution in [0.3, 0.4) is 0 Å². The zero-order chi connectivity index (χ0) is 17.5. The van der Waals surface area contributed by atoms with E-state index < -0.39 is 5.91 Å². The zero-order valence-corrected chi connectivity index (χ0v) is 13.0. The monoisotopic (exact) mass is 327 g/mol. The van der Waals surface area contributed by atoms with E-state index in [0.717, 1.165) is 0 Å². The van der Waals surface area contributed by atoms with Crippen LogP contribution in [0.5, 0.6) is 5.75 Å². The number of hydrogen-bond donors (Lipinski definition) is 3. The lowest BCUT2D eigenvalue weighted by Crippen LogP contribution is -2.21. The number of amides is 3. The fourth-order valence-electron chi connectivity index (χ4n) is 1.94. The molecule has 0 aromatic heterocycles. The molecule has 0 fully saturated rings. The average Bonchev–Trinajstić information content (AvgIpc) is 2.54. The minimum absolute atomic E-state index is 0.228. The van der Waals surface area contributed by atoms with Gasteiger partial charge in [0.25, 0.3) is 5.91 Å². The molecule has 0 radical (unpaired) electrons. The number of benzene rings is 2. The van der Waals surface area contributed by atoms with Crippen LogP contribution in [0.1, 0.15) is 17.3 Å². The molecule has 0 aliphatic heterocycles. The number of anilines is 2. The molecule has 2 rings (SSSR count). The molecule has 0 saturated carbocycles. The highest BCUT2D eigenvalue weighted by Gasteiger charge is 2.08. The number of carbonyl (C=O) groups excluding carboxylic acids is 3. The first-order valence-electron chi connectivity index (χ1n) is 7.15. The summed E-state index contributed by atoms with van der Waals surface area (Å²) < 4.78 is 5.43. The highest BCUT2D eigenvalue weighted by Crippen LogP contribution is 2.23. The molecule has 124 valence electrons. The summed E-state index contributed by atoms with van der Waals surface area (Å²) in [6, 6.07) is 13.0. The quantitative estimate of drug-likeness (QED) is 0.750. The van der Waals surface area contributed by atoms with Crippen molar-refractivity contribution >= 4 is 29.1 Å². The summed E-state index contributed by atoms with van der Waals surface area (Å²) in [5.41, 5.74) is 6.51. The van der Waals surface area contributed by atoms with Gasteiger partial charge in [-0.2, -0.15) is 0 Å². The van der Waals surface area contributed by atoms with E-state index in [1.807, 2.05) is 0 Å². The first-order chi connectivity index (χ1) is 11.5. The van der Waals surface area contributed by atoms with Crippen molar-refractivity contribution < 1.29 is 19.1 Å². The average molecular weight is 327 g/mol. The lowest BCUT2D eigenvalue weighted by atomic mass is 10.2. The number of ether oxygens (including phenoxy) is 1. The van der Waals surface area contributed by atoms with Gasteiger partial charge in [-0.05, 0) is 36.4 Å². The van der Waals surface area contributed by atoms with Crippen LogP contribution in [0.25, 0.3) is 0 Å². The molecule has 0 aliphatic rings. The lowest BCUT2D eigenvalue weighted by Gasteiger charge is -2.11. The molecule has 24 heavy (non-hydrogen) atoms. The van der Waals surface area contributed by atoms with Crippen LogP contribution in [0.15, 0.2) is 48.5 Å². The van der Waals surface area contributed by atoms with Gasteiger partial charge in [0.15, 0.2) is 6.61 Å². The maximum atomic E-state index is 11.9. The van der Waals surface area contributed by atoms with E-state index in [1.165, 1.54) is 19.1 Å². The molecule has 0 unspecified atom stereocenters. The summed E-state index contributed by atoms with van der Waals surface area (Å²) in [4.78, 5) is 34.1. The second-order valence-corrected chi connectivity index (χ2v) is 4.96. The summed E-state index contributed by atoms with van der Waals surface area (Å²) in [6.07, 6.45) is 0. The maximum Gasteiger partial charge on any atom is 0.262 e. The van der Waals surface area contributed by atoms with E-state index in [0.29, 0.717) is 22.7 Å². The van der Waals surface area contributed by atoms with Crippen molar-refractivity contribution in [1.29, 1.82) is 0 Å². The number of primary amides is 1. The Hall–Kier alpha value is -3.35. The molecule has 0 atom stereocenters. The van der Waals surface area contributed by atoms with Crippen molar-refractivity contribution in [3.63, 3.8) is 0 Å². The van der Waals surface area contributed by atoms with Gasteiger partial charge in [0.1, 0.15) is 5.75 Å². The predicted molar refractivity (Wildman–Crippen MR) is 89.8 cm³/mol. The molecule has 7 heteroatoms. The molecule has 0 aliphatic carbocycles. The van der Waals surface area contributed by atoms with E-state index in [4.69, 9.17) is 10.5 Å². The summed E-state index contributed by atoms with van der Waals surface area (Å²) >= 11 is 0. The number of para-hydroxylation sites is 2. The molecule has 0 spiro atoms. The van der Waals surface area contributed by atoms with Crippen LogP contribution in [-0.4, -0.2) is 24.3 Å². The first kappa shape index (κ1) is 17.0. The van der Waals surface area contributed by atoms with Gasteiger partial charge in [0, 0.05) is 18.2 Å². The molecule has 0 bridgehead atoms. The summed E-state index contributed by atoms with van der Waals surface area (Å²) in [7, 11) is 0. The minimum atomic E-state index is -0.536. The molecular weight excluding hydrogens is 310 g/mol. The van der Waals surface area contributed by atoms with Gasteiger partial charge in [-0.25, -0.2) is 0 Å². The number of nitrogens with one attached hydrogen (secondary N) is 2. The molecule has 0 heterocycles. The van der Waals surface area contributed by atoms with Crippen LogP contribution < -0.4 is 21.1 Å². The van der Waals surface area contributed by atoms with Gasteiger partial charge < -0.3 is 21.1 Å². The number of rotatable bonds is 6. The third-order valence-corrected chi connectivity index (χ3v) is 3.01. The molecular formula is C17H17N3O4. The second-order valence-electron chi connectivity index (χ2n) is 4.96. The van der Waals surface area contributed by atoms with Crippen molar-refractivity contribution in [3.8, 4) is 5.75 Å². The van der Waals surface area contributed by atoms with Crippen LogP contribution in [0.4, 0.5) is 11.4 Å². The Labute approximate surface area is 138 Å². The third-order valence-electron chi connectivity index (χ3n) is 3.01. The Kier molecular flexibility index (Phi) is 5.51. The zero-order valence-electron chi connectivity index (χ0n) is 13.0. The largest absolute Gasteiger partial charge is 0.482 e. The predicted octanol–water partition coefficient (Wildman–Crippen LogP) is 1.76.